The van der Waals surface area contributed by atoms with Gasteiger partial charge in [-0.1, -0.05) is 48.0 Å². The van der Waals surface area contributed by atoms with Crippen LogP contribution in [0.3, 0.4) is 0 Å². The summed E-state index contributed by atoms with van der Waals surface area (Å²) in [7, 11) is 0. The molecule has 2 aromatic rings. The predicted molar refractivity (Wildman–Crippen MR) is 81.3 cm³/mol. The van der Waals surface area contributed by atoms with Crippen LogP contribution in [0.4, 0.5) is 0 Å². The van der Waals surface area contributed by atoms with Gasteiger partial charge in [-0.2, -0.15) is 5.26 Å². The van der Waals surface area contributed by atoms with Crippen LogP contribution in [0.2, 0.25) is 5.02 Å². The molecule has 0 heterocycles. The van der Waals surface area contributed by atoms with Gasteiger partial charge in [0.2, 0.25) is 0 Å². The Kier molecular flexibility index (Phi) is 4.44. The zero-order chi connectivity index (χ0) is 14.6. The molecule has 0 radical (unpaired) electrons. The van der Waals surface area contributed by atoms with E-state index in [1.807, 2.05) is 48.5 Å². The third-order valence-electron chi connectivity index (χ3n) is 3.39. The summed E-state index contributed by atoms with van der Waals surface area (Å²) in [6, 6.07) is 17.4. The Labute approximate surface area is 124 Å². The van der Waals surface area contributed by atoms with Gasteiger partial charge in [-0.3, -0.25) is 0 Å². The summed E-state index contributed by atoms with van der Waals surface area (Å²) in [5, 5.41) is 19.7. The fourth-order valence-electron chi connectivity index (χ4n) is 2.13. The molecule has 20 heavy (non-hydrogen) atoms. The van der Waals surface area contributed by atoms with E-state index in [0.717, 1.165) is 16.7 Å². The molecule has 1 unspecified atom stereocenters. The lowest BCUT2D eigenvalue weighted by atomic mass is 9.90. The van der Waals surface area contributed by atoms with Crippen molar-refractivity contribution in [2.24, 2.45) is 0 Å². The van der Waals surface area contributed by atoms with Crippen molar-refractivity contribution in [2.45, 2.75) is 25.4 Å². The highest BCUT2D eigenvalue weighted by molar-refractivity contribution is 6.30. The SMILES string of the molecule is CC(O)(CCC#N)c1ccc(-c2cccc(Cl)c2)cc1. The Bertz CT molecular complexity index is 626. The van der Waals surface area contributed by atoms with Crippen LogP contribution < -0.4 is 0 Å². The van der Waals surface area contributed by atoms with Crippen molar-refractivity contribution in [3.8, 4) is 17.2 Å². The average Bonchev–Trinajstić information content (AvgIpc) is 2.45. The van der Waals surface area contributed by atoms with Crippen LogP contribution in [0, 0.1) is 11.3 Å². The first-order chi connectivity index (χ1) is 9.53. The Morgan fingerprint density at radius 1 is 1.15 bits per heavy atom. The first-order valence-electron chi connectivity index (χ1n) is 6.49. The van der Waals surface area contributed by atoms with E-state index in [0.29, 0.717) is 17.9 Å². The molecule has 2 nitrogen and oxygen atoms in total. The minimum atomic E-state index is -0.970. The van der Waals surface area contributed by atoms with E-state index >= 15 is 0 Å². The van der Waals surface area contributed by atoms with E-state index in [-0.39, 0.29) is 0 Å². The van der Waals surface area contributed by atoms with Gasteiger partial charge in [-0.05, 0) is 42.2 Å². The Morgan fingerprint density at radius 2 is 1.85 bits per heavy atom. The number of aliphatic hydroxyl groups is 1. The fourth-order valence-corrected chi connectivity index (χ4v) is 2.32. The number of nitrogens with zero attached hydrogens (tertiary/aromatic N) is 1. The van der Waals surface area contributed by atoms with Gasteiger partial charge in [0.1, 0.15) is 0 Å². The quantitative estimate of drug-likeness (QED) is 0.897. The van der Waals surface area contributed by atoms with Gasteiger partial charge in [0.15, 0.2) is 0 Å². The fraction of sp³-hybridized carbons (Fsp3) is 0.235. The molecule has 2 rings (SSSR count). The van der Waals surface area contributed by atoms with Crippen LogP contribution in [0.5, 0.6) is 0 Å². The van der Waals surface area contributed by atoms with Gasteiger partial charge in [-0.25, -0.2) is 0 Å². The summed E-state index contributed by atoms with van der Waals surface area (Å²) in [4.78, 5) is 0. The van der Waals surface area contributed by atoms with Gasteiger partial charge in [0.05, 0.1) is 11.7 Å². The molecule has 0 spiro atoms. The summed E-state index contributed by atoms with van der Waals surface area (Å²) < 4.78 is 0. The predicted octanol–water partition coefficient (Wildman–Crippen LogP) is 4.52. The molecule has 0 saturated carbocycles. The first kappa shape index (κ1) is 14.6. The molecular weight excluding hydrogens is 270 g/mol. The van der Waals surface area contributed by atoms with Crippen LogP contribution in [-0.4, -0.2) is 5.11 Å². The first-order valence-corrected chi connectivity index (χ1v) is 6.86. The third-order valence-corrected chi connectivity index (χ3v) is 3.62. The molecule has 0 bridgehead atoms. The maximum atomic E-state index is 10.4. The zero-order valence-corrected chi connectivity index (χ0v) is 12.1. The third kappa shape index (κ3) is 3.39. The molecule has 1 atom stereocenters. The molecule has 0 saturated heterocycles. The summed E-state index contributed by atoms with van der Waals surface area (Å²) in [5.41, 5.74) is 1.94. The molecule has 0 aromatic heterocycles. The molecular formula is C17H16ClNO. The van der Waals surface area contributed by atoms with E-state index in [1.165, 1.54) is 0 Å². The number of rotatable bonds is 4. The van der Waals surface area contributed by atoms with Crippen molar-refractivity contribution in [3.05, 3.63) is 59.1 Å². The van der Waals surface area contributed by atoms with Crippen LogP contribution in [-0.2, 0) is 5.60 Å². The highest BCUT2D eigenvalue weighted by atomic mass is 35.5. The lowest BCUT2D eigenvalue weighted by Gasteiger charge is -2.22. The van der Waals surface area contributed by atoms with Crippen molar-refractivity contribution < 1.29 is 5.11 Å². The van der Waals surface area contributed by atoms with E-state index in [4.69, 9.17) is 16.9 Å². The lowest BCUT2D eigenvalue weighted by molar-refractivity contribution is 0.0492. The number of hydrogen-bond acceptors (Lipinski definition) is 2. The summed E-state index contributed by atoms with van der Waals surface area (Å²) in [5.74, 6) is 0. The average molecular weight is 286 g/mol. The molecule has 3 heteroatoms. The van der Waals surface area contributed by atoms with E-state index < -0.39 is 5.60 Å². The normalized spacial score (nSPS) is 13.5. The molecule has 0 aliphatic carbocycles. The number of halogens is 1. The van der Waals surface area contributed by atoms with Gasteiger partial charge < -0.3 is 5.11 Å². The largest absolute Gasteiger partial charge is 0.385 e. The van der Waals surface area contributed by atoms with Crippen LogP contribution in [0.15, 0.2) is 48.5 Å². The second kappa shape index (κ2) is 6.09. The van der Waals surface area contributed by atoms with Crippen molar-refractivity contribution in [1.29, 1.82) is 5.26 Å². The number of nitriles is 1. The summed E-state index contributed by atoms with van der Waals surface area (Å²) >= 11 is 5.99. The molecule has 2 aromatic carbocycles. The maximum Gasteiger partial charge on any atom is 0.0878 e. The standard InChI is InChI=1S/C17H16ClNO/c1-17(20,10-3-11-19)15-8-6-13(7-9-15)14-4-2-5-16(18)12-14/h2,4-9,12,20H,3,10H2,1H3. The molecule has 102 valence electrons. The van der Waals surface area contributed by atoms with Crippen molar-refractivity contribution in [3.63, 3.8) is 0 Å². The minimum Gasteiger partial charge on any atom is -0.385 e. The van der Waals surface area contributed by atoms with Crippen LogP contribution in [0.25, 0.3) is 11.1 Å². The molecule has 1 N–H and O–H groups in total. The molecule has 0 amide bonds. The number of hydrogen-bond donors (Lipinski definition) is 1. The monoisotopic (exact) mass is 285 g/mol. The van der Waals surface area contributed by atoms with Crippen molar-refractivity contribution in [1.82, 2.24) is 0 Å². The van der Waals surface area contributed by atoms with E-state index in [9.17, 15) is 5.11 Å². The molecule has 0 aliphatic rings. The Balaban J connectivity index is 2.24. The van der Waals surface area contributed by atoms with E-state index in [1.54, 1.807) is 6.92 Å². The molecule has 0 aliphatic heterocycles. The van der Waals surface area contributed by atoms with Gasteiger partial charge in [0.25, 0.3) is 0 Å². The topological polar surface area (TPSA) is 44.0 Å². The zero-order valence-electron chi connectivity index (χ0n) is 11.3. The second-order valence-electron chi connectivity index (χ2n) is 5.02. The summed E-state index contributed by atoms with van der Waals surface area (Å²) in [6.07, 6.45) is 0.767. The van der Waals surface area contributed by atoms with Gasteiger partial charge in [0, 0.05) is 11.4 Å². The van der Waals surface area contributed by atoms with Gasteiger partial charge >= 0.3 is 0 Å². The maximum absolute atomic E-state index is 10.4. The molecule has 0 fully saturated rings. The number of benzene rings is 2. The van der Waals surface area contributed by atoms with Gasteiger partial charge in [-0.15, -0.1) is 0 Å². The Hall–Kier alpha value is -1.82. The highest BCUT2D eigenvalue weighted by Crippen LogP contribution is 2.29. The second-order valence-corrected chi connectivity index (χ2v) is 5.46. The van der Waals surface area contributed by atoms with Crippen molar-refractivity contribution >= 4 is 11.6 Å². The highest BCUT2D eigenvalue weighted by Gasteiger charge is 2.22. The van der Waals surface area contributed by atoms with Crippen LogP contribution >= 0.6 is 11.6 Å². The Morgan fingerprint density at radius 3 is 2.45 bits per heavy atom. The lowest BCUT2D eigenvalue weighted by Crippen LogP contribution is -2.20. The van der Waals surface area contributed by atoms with E-state index in [2.05, 4.69) is 6.07 Å². The smallest absolute Gasteiger partial charge is 0.0878 e. The minimum absolute atomic E-state index is 0.336. The summed E-state index contributed by atoms with van der Waals surface area (Å²) in [6.45, 7) is 1.73. The van der Waals surface area contributed by atoms with Crippen molar-refractivity contribution in [2.75, 3.05) is 0 Å². The van der Waals surface area contributed by atoms with Crippen LogP contribution in [0.1, 0.15) is 25.3 Å².